The highest BCUT2D eigenvalue weighted by Gasteiger charge is 2.47. The number of nitrogens with two attached hydrogens (primary N) is 1. The number of imidazole rings is 1. The average Bonchev–Trinajstić information content (AvgIpc) is 3.29. The summed E-state index contributed by atoms with van der Waals surface area (Å²) < 4.78 is 2.02. The minimum Gasteiger partial charge on any atom is -0.366 e. The van der Waals surface area contributed by atoms with Gasteiger partial charge in [0.2, 0.25) is 11.9 Å². The molecule has 0 saturated carbocycles. The molecular formula is C18H21N5O2S. The number of unbranched alkanes of at least 4 members (excludes halogenated alkanes) is 1. The quantitative estimate of drug-likeness (QED) is 0.813. The Kier molecular flexibility index (Phi) is 4.14. The highest BCUT2D eigenvalue weighted by molar-refractivity contribution is 7.80. The van der Waals surface area contributed by atoms with Gasteiger partial charge < -0.3 is 15.2 Å². The van der Waals surface area contributed by atoms with E-state index in [0.29, 0.717) is 22.1 Å². The summed E-state index contributed by atoms with van der Waals surface area (Å²) >= 11 is 5.58. The number of thiocarbonyl (C=S) groups is 1. The number of aryl methyl sites for hydroxylation is 1. The second-order valence-corrected chi connectivity index (χ2v) is 7.16. The number of carbonyl (C=O) groups is 2. The number of hydrogen-bond acceptors (Lipinski definition) is 4. The number of fused-ring (bicyclic) bond motifs is 2. The summed E-state index contributed by atoms with van der Waals surface area (Å²) in [4.78, 5) is 32.7. The summed E-state index contributed by atoms with van der Waals surface area (Å²) in [5, 5.41) is 0.528. The Hall–Kier alpha value is -2.48. The van der Waals surface area contributed by atoms with Crippen LogP contribution in [-0.2, 0) is 11.3 Å². The van der Waals surface area contributed by atoms with Crippen LogP contribution in [0.15, 0.2) is 18.2 Å². The fraction of sp³-hybridized carbons (Fsp3) is 0.444. The Morgan fingerprint density at radius 2 is 2.23 bits per heavy atom. The molecule has 2 aliphatic rings. The third-order valence-corrected chi connectivity index (χ3v) is 5.56. The molecule has 7 nitrogen and oxygen atoms in total. The van der Waals surface area contributed by atoms with Gasteiger partial charge in [0.1, 0.15) is 6.04 Å². The van der Waals surface area contributed by atoms with Gasteiger partial charge in [0.25, 0.3) is 5.91 Å². The van der Waals surface area contributed by atoms with Crippen molar-refractivity contribution in [2.75, 3.05) is 11.4 Å². The summed E-state index contributed by atoms with van der Waals surface area (Å²) in [6.07, 6.45) is 3.79. The molecule has 2 aromatic rings. The molecule has 2 saturated heterocycles. The van der Waals surface area contributed by atoms with E-state index in [0.717, 1.165) is 44.3 Å². The van der Waals surface area contributed by atoms with Gasteiger partial charge in [-0.3, -0.25) is 9.59 Å². The van der Waals surface area contributed by atoms with Crippen molar-refractivity contribution >= 4 is 46.1 Å². The summed E-state index contributed by atoms with van der Waals surface area (Å²) in [6, 6.07) is 5.05. The summed E-state index contributed by atoms with van der Waals surface area (Å²) in [6.45, 7) is 3.66. The number of hydrogen-bond donors (Lipinski definition) is 1. The lowest BCUT2D eigenvalue weighted by atomic mass is 10.2. The first-order valence-electron chi connectivity index (χ1n) is 8.97. The molecule has 1 atom stereocenters. The SMILES string of the molecule is CCCCn1c(N2C(=O)[C@@H]3CCCN3C2=S)nc2cc(C(N)=O)ccc21. The van der Waals surface area contributed by atoms with Gasteiger partial charge in [0, 0.05) is 18.7 Å². The molecule has 0 bridgehead atoms. The first-order valence-corrected chi connectivity index (χ1v) is 9.38. The number of benzene rings is 1. The van der Waals surface area contributed by atoms with Crippen molar-refractivity contribution in [3.8, 4) is 0 Å². The molecule has 2 fully saturated rings. The zero-order chi connectivity index (χ0) is 18.4. The third kappa shape index (κ3) is 2.47. The molecule has 0 spiro atoms. The van der Waals surface area contributed by atoms with E-state index in [-0.39, 0.29) is 11.9 Å². The fourth-order valence-corrected chi connectivity index (χ4v) is 4.18. The number of anilines is 1. The van der Waals surface area contributed by atoms with Crippen LogP contribution in [0.3, 0.4) is 0 Å². The lowest BCUT2D eigenvalue weighted by molar-refractivity contribution is -0.119. The minimum atomic E-state index is -0.495. The van der Waals surface area contributed by atoms with Crippen LogP contribution in [0.1, 0.15) is 43.0 Å². The van der Waals surface area contributed by atoms with Gasteiger partial charge in [0.15, 0.2) is 5.11 Å². The van der Waals surface area contributed by atoms with Crippen molar-refractivity contribution in [2.45, 2.75) is 45.2 Å². The van der Waals surface area contributed by atoms with Gasteiger partial charge in [-0.15, -0.1) is 0 Å². The second-order valence-electron chi connectivity index (χ2n) is 6.79. The summed E-state index contributed by atoms with van der Waals surface area (Å²) in [7, 11) is 0. The molecule has 2 amide bonds. The van der Waals surface area contributed by atoms with Crippen molar-refractivity contribution in [1.29, 1.82) is 0 Å². The Balaban J connectivity index is 1.84. The van der Waals surface area contributed by atoms with Crippen LogP contribution in [0.2, 0.25) is 0 Å². The van der Waals surface area contributed by atoms with Crippen molar-refractivity contribution in [3.05, 3.63) is 23.8 Å². The highest BCUT2D eigenvalue weighted by atomic mass is 32.1. The third-order valence-electron chi connectivity index (χ3n) is 5.14. The molecule has 8 heteroatoms. The van der Waals surface area contributed by atoms with Crippen molar-refractivity contribution in [2.24, 2.45) is 5.73 Å². The molecule has 2 N–H and O–H groups in total. The van der Waals surface area contributed by atoms with Gasteiger partial charge in [0.05, 0.1) is 11.0 Å². The number of nitrogens with zero attached hydrogens (tertiary/aromatic N) is 4. The largest absolute Gasteiger partial charge is 0.366 e. The molecule has 1 aromatic heterocycles. The van der Waals surface area contributed by atoms with Crippen LogP contribution >= 0.6 is 12.2 Å². The van der Waals surface area contributed by atoms with Gasteiger partial charge in [-0.25, -0.2) is 9.88 Å². The van der Waals surface area contributed by atoms with E-state index in [1.165, 1.54) is 0 Å². The second kappa shape index (κ2) is 6.35. The molecule has 2 aliphatic heterocycles. The van der Waals surface area contributed by atoms with E-state index in [4.69, 9.17) is 18.0 Å². The molecule has 0 radical (unpaired) electrons. The number of aromatic nitrogens is 2. The zero-order valence-electron chi connectivity index (χ0n) is 14.6. The lowest BCUT2D eigenvalue weighted by Gasteiger charge is -2.19. The maximum atomic E-state index is 12.9. The van der Waals surface area contributed by atoms with Crippen molar-refractivity contribution in [1.82, 2.24) is 14.5 Å². The van der Waals surface area contributed by atoms with Crippen LogP contribution in [0, 0.1) is 0 Å². The molecule has 4 rings (SSSR count). The number of rotatable bonds is 5. The van der Waals surface area contributed by atoms with E-state index >= 15 is 0 Å². The summed E-state index contributed by atoms with van der Waals surface area (Å²) in [5.41, 5.74) is 7.32. The van der Waals surface area contributed by atoms with Crippen LogP contribution in [0.25, 0.3) is 11.0 Å². The fourth-order valence-electron chi connectivity index (χ4n) is 3.79. The standard InChI is InChI=1S/C18H21N5O2S/c1-2-3-8-21-13-7-6-11(15(19)24)10-12(13)20-17(21)23-16(25)14-5-4-9-22(14)18(23)26/h6-7,10,14H,2-5,8-9H2,1H3,(H2,19,24)/t14-/m0/s1. The first-order chi connectivity index (χ1) is 12.5. The van der Waals surface area contributed by atoms with E-state index in [9.17, 15) is 9.59 Å². The highest BCUT2D eigenvalue weighted by Crippen LogP contribution is 2.33. The van der Waals surface area contributed by atoms with Crippen molar-refractivity contribution in [3.63, 3.8) is 0 Å². The topological polar surface area (TPSA) is 84.5 Å². The minimum absolute atomic E-state index is 0.00400. The van der Waals surface area contributed by atoms with Gasteiger partial charge in [-0.1, -0.05) is 13.3 Å². The molecular weight excluding hydrogens is 350 g/mol. The van der Waals surface area contributed by atoms with E-state index in [1.807, 2.05) is 15.5 Å². The number of primary amides is 1. The molecule has 136 valence electrons. The first kappa shape index (κ1) is 17.0. The molecule has 0 aliphatic carbocycles. The van der Waals surface area contributed by atoms with Crippen LogP contribution in [0.5, 0.6) is 0 Å². The Morgan fingerprint density at radius 3 is 2.92 bits per heavy atom. The lowest BCUT2D eigenvalue weighted by Crippen LogP contribution is -2.35. The van der Waals surface area contributed by atoms with Gasteiger partial charge >= 0.3 is 0 Å². The van der Waals surface area contributed by atoms with Gasteiger partial charge in [-0.2, -0.15) is 0 Å². The molecule has 0 unspecified atom stereocenters. The van der Waals surface area contributed by atoms with E-state index in [1.54, 1.807) is 17.0 Å². The van der Waals surface area contributed by atoms with Crippen LogP contribution < -0.4 is 10.6 Å². The molecule has 1 aromatic carbocycles. The van der Waals surface area contributed by atoms with Crippen molar-refractivity contribution < 1.29 is 9.59 Å². The Morgan fingerprint density at radius 1 is 1.42 bits per heavy atom. The predicted molar refractivity (Wildman–Crippen MR) is 103 cm³/mol. The maximum absolute atomic E-state index is 12.9. The normalized spacial score (nSPS) is 19.7. The Labute approximate surface area is 156 Å². The monoisotopic (exact) mass is 371 g/mol. The molecule has 26 heavy (non-hydrogen) atoms. The summed E-state index contributed by atoms with van der Waals surface area (Å²) in [5.74, 6) is 0.0418. The Bertz CT molecular complexity index is 900. The smallest absolute Gasteiger partial charge is 0.258 e. The predicted octanol–water partition coefficient (Wildman–Crippen LogP) is 2.03. The zero-order valence-corrected chi connectivity index (χ0v) is 15.5. The number of amides is 2. The molecule has 3 heterocycles. The van der Waals surface area contributed by atoms with Gasteiger partial charge in [-0.05, 0) is 49.7 Å². The van der Waals surface area contributed by atoms with E-state index < -0.39 is 5.91 Å². The number of carbonyl (C=O) groups excluding carboxylic acids is 2. The average molecular weight is 371 g/mol. The van der Waals surface area contributed by atoms with Crippen LogP contribution in [0.4, 0.5) is 5.95 Å². The van der Waals surface area contributed by atoms with E-state index in [2.05, 4.69) is 11.9 Å². The maximum Gasteiger partial charge on any atom is 0.258 e. The van der Waals surface area contributed by atoms with Crippen LogP contribution in [-0.4, -0.2) is 44.0 Å².